The van der Waals surface area contributed by atoms with Gasteiger partial charge in [-0.05, 0) is 42.8 Å². The molecule has 1 N–H and O–H groups in total. The second kappa shape index (κ2) is 8.00. The molecule has 7 nitrogen and oxygen atoms in total. The molecule has 2 aromatic carbocycles. The molecule has 0 aliphatic carbocycles. The minimum absolute atomic E-state index is 0.187. The highest BCUT2D eigenvalue weighted by atomic mass is 32.2. The molecule has 29 heavy (non-hydrogen) atoms. The molecule has 0 fully saturated rings. The summed E-state index contributed by atoms with van der Waals surface area (Å²) in [6.45, 7) is 2.17. The lowest BCUT2D eigenvalue weighted by Crippen LogP contribution is -2.14. The van der Waals surface area contributed by atoms with E-state index < -0.39 is 5.97 Å². The fourth-order valence-corrected chi connectivity index (χ4v) is 3.76. The minimum Gasteiger partial charge on any atom is -0.465 e. The molecular formula is C21H18N2O5S. The molecule has 4 rings (SSSR count). The van der Waals surface area contributed by atoms with Crippen molar-refractivity contribution in [2.75, 3.05) is 25.0 Å². The number of amides is 1. The fraction of sp³-hybridized carbons (Fsp3) is 0.190. The summed E-state index contributed by atoms with van der Waals surface area (Å²) in [6.07, 6.45) is 0. The molecule has 1 amide bonds. The number of aryl methyl sites for hydroxylation is 1. The quantitative estimate of drug-likeness (QED) is 0.506. The lowest BCUT2D eigenvalue weighted by Gasteiger charge is -2.09. The van der Waals surface area contributed by atoms with Crippen molar-refractivity contribution in [1.29, 1.82) is 0 Å². The van der Waals surface area contributed by atoms with Crippen molar-refractivity contribution in [3.05, 3.63) is 53.6 Å². The van der Waals surface area contributed by atoms with Gasteiger partial charge in [-0.25, -0.2) is 9.78 Å². The lowest BCUT2D eigenvalue weighted by atomic mass is 10.1. The number of hydrogen-bond donors (Lipinski definition) is 1. The predicted molar refractivity (Wildman–Crippen MR) is 110 cm³/mol. The van der Waals surface area contributed by atoms with Gasteiger partial charge in [-0.1, -0.05) is 17.8 Å². The number of nitrogens with one attached hydrogen (secondary N) is 1. The third-order valence-electron chi connectivity index (χ3n) is 4.36. The largest absolute Gasteiger partial charge is 0.465 e. The molecule has 148 valence electrons. The summed E-state index contributed by atoms with van der Waals surface area (Å²) in [7, 11) is 1.32. The second-order valence-electron chi connectivity index (χ2n) is 6.42. The second-order valence-corrected chi connectivity index (χ2v) is 7.38. The third-order valence-corrected chi connectivity index (χ3v) is 5.45. The molecule has 0 unspecified atom stereocenters. The van der Waals surface area contributed by atoms with Crippen molar-refractivity contribution in [2.24, 2.45) is 0 Å². The number of methoxy groups -OCH3 is 1. The van der Waals surface area contributed by atoms with Gasteiger partial charge >= 0.3 is 5.97 Å². The van der Waals surface area contributed by atoms with E-state index in [9.17, 15) is 9.59 Å². The van der Waals surface area contributed by atoms with Crippen LogP contribution >= 0.6 is 11.8 Å². The zero-order chi connectivity index (χ0) is 20.4. The average molecular weight is 410 g/mol. The number of thioether (sulfide) groups is 1. The normalized spacial score (nSPS) is 12.1. The van der Waals surface area contributed by atoms with Crippen LogP contribution in [0.25, 0.3) is 10.9 Å². The smallest absolute Gasteiger partial charge is 0.337 e. The molecule has 2 heterocycles. The van der Waals surface area contributed by atoms with E-state index >= 15 is 0 Å². The van der Waals surface area contributed by atoms with Gasteiger partial charge < -0.3 is 19.5 Å². The van der Waals surface area contributed by atoms with E-state index in [1.54, 1.807) is 24.3 Å². The first-order valence-corrected chi connectivity index (χ1v) is 9.84. The number of pyridine rings is 1. The number of carbonyl (C=O) groups excluding carboxylic acids is 2. The average Bonchev–Trinajstić information content (AvgIpc) is 3.17. The van der Waals surface area contributed by atoms with Gasteiger partial charge in [0.2, 0.25) is 12.7 Å². The zero-order valence-corrected chi connectivity index (χ0v) is 16.7. The Kier molecular flexibility index (Phi) is 5.26. The highest BCUT2D eigenvalue weighted by molar-refractivity contribution is 8.00. The Morgan fingerprint density at radius 1 is 1.17 bits per heavy atom. The number of benzene rings is 2. The Labute approximate surface area is 171 Å². The predicted octanol–water partition coefficient (Wildman–Crippen LogP) is 3.79. The molecule has 0 saturated heterocycles. The van der Waals surface area contributed by atoms with Crippen LogP contribution in [0.3, 0.4) is 0 Å². The standard InChI is InChI=1S/C21H18N2O5S/c1-12-6-14-8-17-18(28-11-27-17)9-16(14)23-20(12)29-10-19(24)22-15-5-3-4-13(7-15)21(25)26-2/h3-9H,10-11H2,1-2H3,(H,22,24). The first kappa shape index (κ1) is 19.1. The molecular weight excluding hydrogens is 392 g/mol. The van der Waals surface area contributed by atoms with Crippen molar-refractivity contribution in [3.63, 3.8) is 0 Å². The van der Waals surface area contributed by atoms with Crippen LogP contribution in [0.5, 0.6) is 11.5 Å². The van der Waals surface area contributed by atoms with Gasteiger partial charge in [-0.3, -0.25) is 4.79 Å². The van der Waals surface area contributed by atoms with E-state index in [2.05, 4.69) is 10.3 Å². The Balaban J connectivity index is 1.45. The van der Waals surface area contributed by atoms with Crippen LogP contribution in [-0.4, -0.2) is 36.5 Å². The summed E-state index contributed by atoms with van der Waals surface area (Å²) in [5, 5.41) is 4.52. The number of anilines is 1. The number of nitrogens with zero attached hydrogens (tertiary/aromatic N) is 1. The maximum Gasteiger partial charge on any atom is 0.337 e. The van der Waals surface area contributed by atoms with Gasteiger partial charge in [0.25, 0.3) is 0 Å². The molecule has 0 saturated carbocycles. The van der Waals surface area contributed by atoms with Crippen molar-refractivity contribution in [1.82, 2.24) is 4.98 Å². The molecule has 1 aromatic heterocycles. The summed E-state index contributed by atoms with van der Waals surface area (Å²) in [6, 6.07) is 12.4. The maximum atomic E-state index is 12.4. The van der Waals surface area contributed by atoms with Gasteiger partial charge in [0.1, 0.15) is 5.03 Å². The van der Waals surface area contributed by atoms with Crippen LogP contribution in [-0.2, 0) is 9.53 Å². The maximum absolute atomic E-state index is 12.4. The lowest BCUT2D eigenvalue weighted by molar-refractivity contribution is -0.113. The Morgan fingerprint density at radius 2 is 1.97 bits per heavy atom. The van der Waals surface area contributed by atoms with Crippen LogP contribution in [0.1, 0.15) is 15.9 Å². The third kappa shape index (κ3) is 4.12. The van der Waals surface area contributed by atoms with Crippen LogP contribution in [0.4, 0.5) is 5.69 Å². The molecule has 0 spiro atoms. The number of carbonyl (C=O) groups is 2. The summed E-state index contributed by atoms with van der Waals surface area (Å²) in [5.41, 5.74) is 2.67. The van der Waals surface area contributed by atoms with Crippen molar-refractivity contribution in [3.8, 4) is 11.5 Å². The number of aromatic nitrogens is 1. The molecule has 8 heteroatoms. The van der Waals surface area contributed by atoms with E-state index in [0.717, 1.165) is 21.5 Å². The molecule has 0 atom stereocenters. The molecule has 1 aliphatic heterocycles. The van der Waals surface area contributed by atoms with E-state index in [-0.39, 0.29) is 18.5 Å². The highest BCUT2D eigenvalue weighted by Gasteiger charge is 2.16. The van der Waals surface area contributed by atoms with E-state index in [0.29, 0.717) is 22.7 Å². The van der Waals surface area contributed by atoms with Crippen LogP contribution in [0.15, 0.2) is 47.5 Å². The van der Waals surface area contributed by atoms with Crippen molar-refractivity contribution in [2.45, 2.75) is 11.9 Å². The fourth-order valence-electron chi connectivity index (χ4n) is 2.97. The molecule has 1 aliphatic rings. The number of ether oxygens (including phenoxy) is 3. The summed E-state index contributed by atoms with van der Waals surface area (Å²) in [4.78, 5) is 28.6. The van der Waals surface area contributed by atoms with Crippen LogP contribution in [0.2, 0.25) is 0 Å². The van der Waals surface area contributed by atoms with E-state index in [4.69, 9.17) is 14.2 Å². The minimum atomic E-state index is -0.452. The SMILES string of the molecule is COC(=O)c1cccc(NC(=O)CSc2nc3cc4c(cc3cc2C)OCO4)c1. The number of rotatable bonds is 5. The van der Waals surface area contributed by atoms with Gasteiger partial charge in [0.05, 0.1) is 23.9 Å². The number of esters is 1. The Morgan fingerprint density at radius 3 is 2.76 bits per heavy atom. The summed E-state index contributed by atoms with van der Waals surface area (Å²) < 4.78 is 15.5. The van der Waals surface area contributed by atoms with Gasteiger partial charge in [-0.15, -0.1) is 0 Å². The molecule has 3 aromatic rings. The van der Waals surface area contributed by atoms with Gasteiger partial charge in [0.15, 0.2) is 11.5 Å². The molecule has 0 radical (unpaired) electrons. The van der Waals surface area contributed by atoms with E-state index in [1.807, 2.05) is 25.1 Å². The Bertz CT molecular complexity index is 1120. The Hall–Kier alpha value is -3.26. The summed E-state index contributed by atoms with van der Waals surface area (Å²) >= 11 is 1.35. The number of fused-ring (bicyclic) bond motifs is 2. The van der Waals surface area contributed by atoms with Gasteiger partial charge in [0, 0.05) is 17.1 Å². The zero-order valence-electron chi connectivity index (χ0n) is 15.9. The van der Waals surface area contributed by atoms with Crippen molar-refractivity contribution < 1.29 is 23.8 Å². The summed E-state index contributed by atoms with van der Waals surface area (Å²) in [5.74, 6) is 0.934. The first-order valence-electron chi connectivity index (χ1n) is 8.85. The van der Waals surface area contributed by atoms with Crippen LogP contribution in [0, 0.1) is 6.92 Å². The molecule has 0 bridgehead atoms. The number of hydrogen-bond acceptors (Lipinski definition) is 7. The van der Waals surface area contributed by atoms with Crippen LogP contribution < -0.4 is 14.8 Å². The highest BCUT2D eigenvalue weighted by Crippen LogP contribution is 2.36. The monoisotopic (exact) mass is 410 g/mol. The topological polar surface area (TPSA) is 86.8 Å². The van der Waals surface area contributed by atoms with Gasteiger partial charge in [-0.2, -0.15) is 0 Å². The first-order chi connectivity index (χ1) is 14.0. The van der Waals surface area contributed by atoms with E-state index in [1.165, 1.54) is 18.9 Å². The van der Waals surface area contributed by atoms with Crippen molar-refractivity contribution >= 4 is 40.2 Å².